The van der Waals surface area contributed by atoms with E-state index in [4.69, 9.17) is 0 Å². The number of allylic oxidation sites excluding steroid dienone is 1. The van der Waals surface area contributed by atoms with E-state index in [-0.39, 0.29) is 11.3 Å². The molecule has 2 nitrogen and oxygen atoms in total. The molecule has 1 atom stereocenters. The molecule has 0 bridgehead atoms. The van der Waals surface area contributed by atoms with E-state index in [1.54, 1.807) is 0 Å². The molecule has 1 N–H and O–H groups in total. The Morgan fingerprint density at radius 1 is 1.29 bits per heavy atom. The minimum Gasteiger partial charge on any atom is -0.478 e. The third kappa shape index (κ3) is 2.12. The second-order valence-electron chi connectivity index (χ2n) is 5.67. The lowest BCUT2D eigenvalue weighted by molar-refractivity contribution is -0.133. The molecular weight excluding hydrogens is 212 g/mol. The lowest BCUT2D eigenvalue weighted by Crippen LogP contribution is -2.27. The molecular formula is C15H18O2. The molecule has 2 heteroatoms. The summed E-state index contributed by atoms with van der Waals surface area (Å²) in [5, 5.41) is 9.33. The van der Waals surface area contributed by atoms with E-state index < -0.39 is 5.97 Å². The molecule has 0 fully saturated rings. The van der Waals surface area contributed by atoms with Crippen LogP contribution < -0.4 is 0 Å². The van der Waals surface area contributed by atoms with Gasteiger partial charge in [0.1, 0.15) is 0 Å². The van der Waals surface area contributed by atoms with Gasteiger partial charge in [0.05, 0.1) is 0 Å². The molecule has 0 aromatic heterocycles. The van der Waals surface area contributed by atoms with Crippen molar-refractivity contribution in [3.8, 4) is 0 Å². The van der Waals surface area contributed by atoms with Crippen LogP contribution in [0.3, 0.4) is 0 Å². The number of rotatable bonds is 1. The van der Waals surface area contributed by atoms with Crippen molar-refractivity contribution in [2.75, 3.05) is 0 Å². The van der Waals surface area contributed by atoms with Gasteiger partial charge >= 0.3 is 5.97 Å². The summed E-state index contributed by atoms with van der Waals surface area (Å²) in [6, 6.07) is 8.14. The van der Waals surface area contributed by atoms with Crippen molar-refractivity contribution in [1.29, 1.82) is 0 Å². The maximum atomic E-state index is 11.4. The van der Waals surface area contributed by atoms with Crippen LogP contribution in [0.2, 0.25) is 0 Å². The second-order valence-corrected chi connectivity index (χ2v) is 5.67. The van der Waals surface area contributed by atoms with Gasteiger partial charge in [0.2, 0.25) is 0 Å². The first-order chi connectivity index (χ1) is 7.91. The first-order valence-corrected chi connectivity index (χ1v) is 5.92. The molecule has 1 aromatic rings. The van der Waals surface area contributed by atoms with Crippen LogP contribution >= 0.6 is 0 Å². The molecule has 0 spiro atoms. The van der Waals surface area contributed by atoms with Crippen LogP contribution in [0.15, 0.2) is 35.9 Å². The number of benzene rings is 1. The van der Waals surface area contributed by atoms with Crippen LogP contribution in [-0.4, -0.2) is 11.1 Å². The number of hydrogen-bond donors (Lipinski definition) is 1. The van der Waals surface area contributed by atoms with Gasteiger partial charge in [-0.25, -0.2) is 4.79 Å². The standard InChI is InChI=1S/C15H18O2/c1-15(2,3)13-11-7-5-4-6-10(11)8-9-12(13)14(16)17/h4-7,9,13H,8H2,1-3H3,(H,16,17). The lowest BCUT2D eigenvalue weighted by atomic mass is 9.68. The van der Waals surface area contributed by atoms with Crippen molar-refractivity contribution in [2.45, 2.75) is 33.1 Å². The topological polar surface area (TPSA) is 37.3 Å². The van der Waals surface area contributed by atoms with E-state index >= 15 is 0 Å². The molecule has 1 unspecified atom stereocenters. The van der Waals surface area contributed by atoms with Crippen molar-refractivity contribution in [3.05, 3.63) is 47.0 Å². The second kappa shape index (κ2) is 4.02. The Balaban J connectivity index is 2.57. The quantitative estimate of drug-likeness (QED) is 0.803. The third-order valence-electron chi connectivity index (χ3n) is 3.33. The number of carbonyl (C=O) groups is 1. The monoisotopic (exact) mass is 230 g/mol. The predicted molar refractivity (Wildman–Crippen MR) is 68.1 cm³/mol. The van der Waals surface area contributed by atoms with Crippen molar-refractivity contribution in [1.82, 2.24) is 0 Å². The molecule has 0 radical (unpaired) electrons. The Labute approximate surface area is 102 Å². The van der Waals surface area contributed by atoms with Gasteiger partial charge in [-0.15, -0.1) is 0 Å². The molecule has 0 aliphatic heterocycles. The Hall–Kier alpha value is -1.57. The van der Waals surface area contributed by atoms with Gasteiger partial charge in [0.15, 0.2) is 0 Å². The SMILES string of the molecule is CC(C)(C)C1C(C(=O)O)=CCc2ccccc21. The maximum Gasteiger partial charge on any atom is 0.331 e. The summed E-state index contributed by atoms with van der Waals surface area (Å²) < 4.78 is 0. The lowest BCUT2D eigenvalue weighted by Gasteiger charge is -2.35. The van der Waals surface area contributed by atoms with E-state index in [0.29, 0.717) is 5.57 Å². The van der Waals surface area contributed by atoms with Crippen molar-refractivity contribution < 1.29 is 9.90 Å². The van der Waals surface area contributed by atoms with E-state index in [1.165, 1.54) is 11.1 Å². The van der Waals surface area contributed by atoms with Gasteiger partial charge in [0.25, 0.3) is 0 Å². The van der Waals surface area contributed by atoms with Gasteiger partial charge in [-0.05, 0) is 23.0 Å². The summed E-state index contributed by atoms with van der Waals surface area (Å²) in [4.78, 5) is 11.4. The van der Waals surface area contributed by atoms with Crippen molar-refractivity contribution in [3.63, 3.8) is 0 Å². The van der Waals surface area contributed by atoms with E-state index in [0.717, 1.165) is 6.42 Å². The molecule has 0 amide bonds. The summed E-state index contributed by atoms with van der Waals surface area (Å²) in [5.41, 5.74) is 2.87. The van der Waals surface area contributed by atoms with Crippen LogP contribution in [-0.2, 0) is 11.2 Å². The molecule has 0 heterocycles. The zero-order chi connectivity index (χ0) is 12.6. The summed E-state index contributed by atoms with van der Waals surface area (Å²) in [5.74, 6) is -0.815. The Morgan fingerprint density at radius 3 is 2.53 bits per heavy atom. The Morgan fingerprint density at radius 2 is 1.94 bits per heavy atom. The summed E-state index contributed by atoms with van der Waals surface area (Å²) in [6.07, 6.45) is 2.59. The van der Waals surface area contributed by atoms with Gasteiger partial charge in [0, 0.05) is 11.5 Å². The average molecular weight is 230 g/mol. The number of carboxylic acids is 1. The highest BCUT2D eigenvalue weighted by atomic mass is 16.4. The van der Waals surface area contributed by atoms with Crippen LogP contribution in [0.1, 0.15) is 37.8 Å². The Bertz CT molecular complexity index is 478. The van der Waals surface area contributed by atoms with Gasteiger partial charge in [-0.3, -0.25) is 0 Å². The summed E-state index contributed by atoms with van der Waals surface area (Å²) >= 11 is 0. The van der Waals surface area contributed by atoms with Crippen LogP contribution in [0, 0.1) is 5.41 Å². The number of aliphatic carboxylic acids is 1. The highest BCUT2D eigenvalue weighted by Crippen LogP contribution is 2.44. The van der Waals surface area contributed by atoms with Crippen molar-refractivity contribution in [2.24, 2.45) is 5.41 Å². The number of carboxylic acid groups (broad SMARTS) is 1. The zero-order valence-corrected chi connectivity index (χ0v) is 10.5. The fourth-order valence-corrected chi connectivity index (χ4v) is 2.65. The van der Waals surface area contributed by atoms with Crippen LogP contribution in [0.25, 0.3) is 0 Å². The summed E-state index contributed by atoms with van der Waals surface area (Å²) in [7, 11) is 0. The maximum absolute atomic E-state index is 11.4. The summed E-state index contributed by atoms with van der Waals surface area (Å²) in [6.45, 7) is 6.28. The minimum absolute atomic E-state index is 0.0232. The molecule has 0 saturated heterocycles. The molecule has 0 saturated carbocycles. The number of fused-ring (bicyclic) bond motifs is 1. The van der Waals surface area contributed by atoms with Crippen LogP contribution in [0.5, 0.6) is 0 Å². The normalized spacial score (nSPS) is 19.5. The van der Waals surface area contributed by atoms with Gasteiger partial charge in [-0.2, -0.15) is 0 Å². The third-order valence-corrected chi connectivity index (χ3v) is 3.33. The molecule has 1 aliphatic rings. The molecule has 1 aromatic carbocycles. The fourth-order valence-electron chi connectivity index (χ4n) is 2.65. The molecule has 90 valence electrons. The highest BCUT2D eigenvalue weighted by Gasteiger charge is 2.35. The smallest absolute Gasteiger partial charge is 0.331 e. The molecule has 2 rings (SSSR count). The van der Waals surface area contributed by atoms with Crippen molar-refractivity contribution >= 4 is 5.97 Å². The fraction of sp³-hybridized carbons (Fsp3) is 0.400. The van der Waals surface area contributed by atoms with Crippen LogP contribution in [0.4, 0.5) is 0 Å². The predicted octanol–water partition coefficient (Wildman–Crippen LogP) is 3.38. The first kappa shape index (κ1) is 11.9. The highest BCUT2D eigenvalue weighted by molar-refractivity contribution is 5.89. The molecule has 17 heavy (non-hydrogen) atoms. The Kier molecular flexibility index (Phi) is 2.82. The molecule has 1 aliphatic carbocycles. The average Bonchev–Trinajstić information content (AvgIpc) is 2.26. The van der Waals surface area contributed by atoms with E-state index in [9.17, 15) is 9.90 Å². The van der Waals surface area contributed by atoms with E-state index in [1.807, 2.05) is 18.2 Å². The minimum atomic E-state index is -0.792. The van der Waals surface area contributed by atoms with Gasteiger partial charge in [-0.1, -0.05) is 51.1 Å². The zero-order valence-electron chi connectivity index (χ0n) is 10.5. The largest absolute Gasteiger partial charge is 0.478 e. The van der Waals surface area contributed by atoms with Gasteiger partial charge < -0.3 is 5.11 Å². The van der Waals surface area contributed by atoms with E-state index in [2.05, 4.69) is 32.9 Å². The number of hydrogen-bond acceptors (Lipinski definition) is 1. The first-order valence-electron chi connectivity index (χ1n) is 5.92.